The number of rotatable bonds is 3. The van der Waals surface area contributed by atoms with Crippen molar-refractivity contribution in [1.82, 2.24) is 0 Å². The number of carbonyl (C=O) groups is 3. The third-order valence-corrected chi connectivity index (χ3v) is 5.84. The van der Waals surface area contributed by atoms with E-state index in [9.17, 15) is 14.4 Å². The summed E-state index contributed by atoms with van der Waals surface area (Å²) >= 11 is 1.00. The molecule has 1 aromatic heterocycles. The highest BCUT2D eigenvalue weighted by molar-refractivity contribution is 7.18. The van der Waals surface area contributed by atoms with E-state index in [2.05, 4.69) is 6.92 Å². The first kappa shape index (κ1) is 14.3. The lowest BCUT2D eigenvalue weighted by atomic mass is 10.00. The molecule has 0 spiro atoms. The summed E-state index contributed by atoms with van der Waals surface area (Å²) in [7, 11) is 0. The molecular weight excluding hydrogens is 290 g/mol. The van der Waals surface area contributed by atoms with E-state index in [0.29, 0.717) is 16.5 Å². The van der Waals surface area contributed by atoms with E-state index in [0.717, 1.165) is 30.6 Å². The zero-order valence-electron chi connectivity index (χ0n) is 12.0. The van der Waals surface area contributed by atoms with Gasteiger partial charge >= 0.3 is 5.97 Å². The van der Waals surface area contributed by atoms with E-state index in [1.807, 2.05) is 0 Å². The molecule has 0 radical (unpaired) electrons. The fourth-order valence-corrected chi connectivity index (χ4v) is 4.49. The Hall–Kier alpha value is -1.69. The number of hydrogen-bond acceptors (Lipinski definition) is 4. The molecular formula is C15H17NO4S. The second kappa shape index (κ2) is 4.94. The predicted molar refractivity (Wildman–Crippen MR) is 78.5 cm³/mol. The molecule has 2 aliphatic rings. The molecule has 1 N–H and O–H groups in total. The van der Waals surface area contributed by atoms with Crippen LogP contribution >= 0.6 is 11.3 Å². The molecule has 21 heavy (non-hydrogen) atoms. The van der Waals surface area contributed by atoms with Gasteiger partial charge in [-0.1, -0.05) is 13.3 Å². The molecule has 1 saturated heterocycles. The highest BCUT2D eigenvalue weighted by atomic mass is 32.1. The number of carboxylic acids is 1. The monoisotopic (exact) mass is 307 g/mol. The number of nitrogens with zero attached hydrogens (tertiary/aromatic N) is 1. The van der Waals surface area contributed by atoms with Crippen LogP contribution in [0.3, 0.4) is 0 Å². The van der Waals surface area contributed by atoms with Crippen LogP contribution in [-0.2, 0) is 9.59 Å². The molecule has 5 nitrogen and oxygen atoms in total. The lowest BCUT2D eigenvalue weighted by molar-refractivity contribution is -0.123. The van der Waals surface area contributed by atoms with Crippen molar-refractivity contribution in [2.24, 2.45) is 17.8 Å². The highest BCUT2D eigenvalue weighted by Crippen LogP contribution is 2.46. The topological polar surface area (TPSA) is 74.7 Å². The van der Waals surface area contributed by atoms with Crippen LogP contribution in [0.1, 0.15) is 41.4 Å². The first-order valence-corrected chi connectivity index (χ1v) is 7.97. The van der Waals surface area contributed by atoms with Gasteiger partial charge in [0, 0.05) is 0 Å². The Labute approximate surface area is 126 Å². The van der Waals surface area contributed by atoms with Crippen LogP contribution in [0.15, 0.2) is 6.07 Å². The number of carbonyl (C=O) groups excluding carboxylic acids is 2. The van der Waals surface area contributed by atoms with Crippen molar-refractivity contribution in [2.45, 2.75) is 33.1 Å². The summed E-state index contributed by atoms with van der Waals surface area (Å²) in [6.45, 7) is 3.77. The average molecular weight is 307 g/mol. The minimum absolute atomic E-state index is 0.154. The van der Waals surface area contributed by atoms with Crippen LogP contribution in [0.2, 0.25) is 0 Å². The summed E-state index contributed by atoms with van der Waals surface area (Å²) in [4.78, 5) is 37.5. The van der Waals surface area contributed by atoms with Gasteiger partial charge in [-0.3, -0.25) is 9.59 Å². The van der Waals surface area contributed by atoms with Crippen LogP contribution in [0.25, 0.3) is 0 Å². The number of thiophene rings is 1. The first-order chi connectivity index (χ1) is 9.93. The van der Waals surface area contributed by atoms with Crippen LogP contribution in [-0.4, -0.2) is 22.9 Å². The van der Waals surface area contributed by atoms with Crippen LogP contribution in [0, 0.1) is 24.7 Å². The molecule has 1 aliphatic heterocycles. The smallest absolute Gasteiger partial charge is 0.346 e. The van der Waals surface area contributed by atoms with Crippen molar-refractivity contribution in [3.8, 4) is 0 Å². The Morgan fingerprint density at radius 3 is 2.33 bits per heavy atom. The zero-order chi connectivity index (χ0) is 15.3. The molecule has 2 atom stereocenters. The van der Waals surface area contributed by atoms with Crippen LogP contribution in [0.4, 0.5) is 5.00 Å². The number of hydrogen-bond donors (Lipinski definition) is 1. The van der Waals surface area contributed by atoms with Gasteiger partial charge in [0.2, 0.25) is 11.8 Å². The molecule has 2 fully saturated rings. The summed E-state index contributed by atoms with van der Waals surface area (Å²) in [5.41, 5.74) is 0.589. The fraction of sp³-hybridized carbons (Fsp3) is 0.533. The molecule has 112 valence electrons. The van der Waals surface area contributed by atoms with Crippen molar-refractivity contribution < 1.29 is 19.5 Å². The van der Waals surface area contributed by atoms with E-state index in [4.69, 9.17) is 5.11 Å². The van der Waals surface area contributed by atoms with Gasteiger partial charge in [0.25, 0.3) is 0 Å². The van der Waals surface area contributed by atoms with E-state index >= 15 is 0 Å². The molecule has 1 aromatic rings. The number of aromatic carboxylic acids is 1. The second-order valence-corrected chi connectivity index (χ2v) is 6.90. The second-order valence-electron chi connectivity index (χ2n) is 5.87. The van der Waals surface area contributed by atoms with Crippen molar-refractivity contribution >= 4 is 34.1 Å². The largest absolute Gasteiger partial charge is 0.477 e. The number of imide groups is 1. The molecule has 0 bridgehead atoms. The SMILES string of the molecule is CCC1CC2C(=O)N(c3cc(C)c(C(=O)O)s3)C(=O)C2C1. The lowest BCUT2D eigenvalue weighted by Crippen LogP contribution is -2.31. The molecule has 2 amide bonds. The molecule has 2 heterocycles. The Morgan fingerprint density at radius 2 is 1.90 bits per heavy atom. The van der Waals surface area contributed by atoms with Crippen molar-refractivity contribution in [1.29, 1.82) is 0 Å². The number of amides is 2. The molecule has 1 saturated carbocycles. The van der Waals surface area contributed by atoms with Gasteiger partial charge in [0.15, 0.2) is 0 Å². The maximum Gasteiger partial charge on any atom is 0.346 e. The summed E-state index contributed by atoms with van der Waals surface area (Å²) in [5, 5.41) is 9.55. The van der Waals surface area contributed by atoms with Gasteiger partial charge in [-0.05, 0) is 37.3 Å². The molecule has 0 aromatic carbocycles. The van der Waals surface area contributed by atoms with Crippen LogP contribution in [0.5, 0.6) is 0 Å². The van der Waals surface area contributed by atoms with E-state index in [1.165, 1.54) is 4.90 Å². The van der Waals surface area contributed by atoms with Crippen LogP contribution < -0.4 is 4.90 Å². The Kier molecular flexibility index (Phi) is 3.36. The summed E-state index contributed by atoms with van der Waals surface area (Å²) in [5.74, 6) is -1.29. The van der Waals surface area contributed by atoms with E-state index in [1.54, 1.807) is 13.0 Å². The zero-order valence-corrected chi connectivity index (χ0v) is 12.8. The minimum atomic E-state index is -1.02. The summed E-state index contributed by atoms with van der Waals surface area (Å²) in [6.07, 6.45) is 2.55. The van der Waals surface area contributed by atoms with Gasteiger partial charge in [-0.25, -0.2) is 9.69 Å². The number of carboxylic acid groups (broad SMARTS) is 1. The van der Waals surface area contributed by atoms with Crippen molar-refractivity contribution in [2.75, 3.05) is 4.90 Å². The average Bonchev–Trinajstić information content (AvgIpc) is 3.06. The third kappa shape index (κ3) is 2.09. The van der Waals surface area contributed by atoms with Gasteiger partial charge in [-0.2, -0.15) is 0 Å². The van der Waals surface area contributed by atoms with Gasteiger partial charge in [-0.15, -0.1) is 11.3 Å². The number of fused-ring (bicyclic) bond motifs is 1. The van der Waals surface area contributed by atoms with E-state index in [-0.39, 0.29) is 28.5 Å². The molecule has 1 aliphatic carbocycles. The molecule has 3 rings (SSSR count). The Bertz CT molecular complexity index is 612. The number of anilines is 1. The Morgan fingerprint density at radius 1 is 1.33 bits per heavy atom. The van der Waals surface area contributed by atoms with Gasteiger partial charge in [0.05, 0.1) is 11.8 Å². The maximum absolute atomic E-state index is 12.5. The predicted octanol–water partition coefficient (Wildman–Crippen LogP) is 2.68. The van der Waals surface area contributed by atoms with Crippen molar-refractivity contribution in [3.63, 3.8) is 0 Å². The third-order valence-electron chi connectivity index (χ3n) is 4.63. The molecule has 6 heteroatoms. The maximum atomic E-state index is 12.5. The molecule has 2 unspecified atom stereocenters. The summed E-state index contributed by atoms with van der Waals surface area (Å²) in [6, 6.07) is 1.63. The quantitative estimate of drug-likeness (QED) is 0.871. The standard InChI is InChI=1S/C15H17NO4S/c1-3-8-5-9-10(6-8)14(18)16(13(9)17)11-4-7(2)12(21-11)15(19)20/h4,8-10H,3,5-6H2,1-2H3,(H,19,20). The summed E-state index contributed by atoms with van der Waals surface area (Å²) < 4.78 is 0. The van der Waals surface area contributed by atoms with Gasteiger partial charge < -0.3 is 5.11 Å². The first-order valence-electron chi connectivity index (χ1n) is 7.15. The van der Waals surface area contributed by atoms with Crippen molar-refractivity contribution in [3.05, 3.63) is 16.5 Å². The van der Waals surface area contributed by atoms with Gasteiger partial charge in [0.1, 0.15) is 9.88 Å². The Balaban J connectivity index is 1.91. The highest BCUT2D eigenvalue weighted by Gasteiger charge is 2.53. The number of aryl methyl sites for hydroxylation is 1. The fourth-order valence-electron chi connectivity index (χ4n) is 3.47. The lowest BCUT2D eigenvalue weighted by Gasteiger charge is -2.15. The normalized spacial score (nSPS) is 28.3. The van der Waals surface area contributed by atoms with E-state index < -0.39 is 5.97 Å². The minimum Gasteiger partial charge on any atom is -0.477 e.